The number of sulfonamides is 1. The summed E-state index contributed by atoms with van der Waals surface area (Å²) in [6.07, 6.45) is 4.48. The van der Waals surface area contributed by atoms with Gasteiger partial charge in [0.2, 0.25) is 10.0 Å². The first-order valence-electron chi connectivity index (χ1n) is 8.60. The lowest BCUT2D eigenvalue weighted by Gasteiger charge is -2.24. The van der Waals surface area contributed by atoms with Crippen LogP contribution in [0.15, 0.2) is 65.3 Å². The Labute approximate surface area is 157 Å². The van der Waals surface area contributed by atoms with E-state index in [0.717, 1.165) is 19.1 Å². The van der Waals surface area contributed by atoms with E-state index in [2.05, 4.69) is 5.16 Å². The molecule has 6 nitrogen and oxygen atoms in total. The molecule has 0 aliphatic heterocycles. The number of carbonyl (C=O) groups excluding carboxylic acids is 1. The zero-order chi connectivity index (χ0) is 19.0. The van der Waals surface area contributed by atoms with Gasteiger partial charge < -0.3 is 4.52 Å². The Bertz CT molecular complexity index is 1090. The lowest BCUT2D eigenvalue weighted by Crippen LogP contribution is -2.26. The topological polar surface area (TPSA) is 80.5 Å². The monoisotopic (exact) mass is 382 g/mol. The Hall–Kier alpha value is -2.93. The van der Waals surface area contributed by atoms with Crippen LogP contribution in [0.25, 0.3) is 0 Å². The summed E-state index contributed by atoms with van der Waals surface area (Å²) < 4.78 is 31.6. The second-order valence-electron chi connectivity index (χ2n) is 6.59. The predicted octanol–water partition coefficient (Wildman–Crippen LogP) is 3.88. The quantitative estimate of drug-likeness (QED) is 0.605. The number of carbonyl (C=O) groups is 1. The minimum absolute atomic E-state index is 0.221. The van der Waals surface area contributed by atoms with Gasteiger partial charge in [0.25, 0.3) is 0 Å². The molecule has 2 aromatic carbocycles. The van der Waals surface area contributed by atoms with Gasteiger partial charge in [0.1, 0.15) is 0 Å². The van der Waals surface area contributed by atoms with Gasteiger partial charge in [-0.15, -0.1) is 0 Å². The second kappa shape index (κ2) is 6.66. The van der Waals surface area contributed by atoms with Crippen LogP contribution in [-0.4, -0.2) is 25.6 Å². The van der Waals surface area contributed by atoms with E-state index in [1.165, 1.54) is 10.5 Å². The number of para-hydroxylation sites is 2. The van der Waals surface area contributed by atoms with Crippen molar-refractivity contribution in [2.75, 3.05) is 10.6 Å². The molecule has 1 fully saturated rings. The molecule has 0 amide bonds. The van der Waals surface area contributed by atoms with Crippen LogP contribution in [0.3, 0.4) is 0 Å². The van der Waals surface area contributed by atoms with Crippen molar-refractivity contribution in [3.05, 3.63) is 77.7 Å². The average molecular weight is 382 g/mol. The van der Waals surface area contributed by atoms with Crippen LogP contribution in [0.1, 0.15) is 40.4 Å². The smallest absolute Gasteiger partial charge is 0.236 e. The van der Waals surface area contributed by atoms with Crippen molar-refractivity contribution in [2.45, 2.75) is 18.8 Å². The molecule has 4 rings (SSSR count). The highest BCUT2D eigenvalue weighted by Gasteiger charge is 2.34. The minimum atomic E-state index is -3.67. The fourth-order valence-corrected chi connectivity index (χ4v) is 4.14. The predicted molar refractivity (Wildman–Crippen MR) is 102 cm³/mol. The highest BCUT2D eigenvalue weighted by Crippen LogP contribution is 2.42. The molecule has 0 atom stereocenters. The van der Waals surface area contributed by atoms with Gasteiger partial charge in [-0.2, -0.15) is 0 Å². The summed E-state index contributed by atoms with van der Waals surface area (Å²) in [5.41, 5.74) is 1.45. The molecule has 1 aliphatic rings. The molecule has 3 aromatic rings. The van der Waals surface area contributed by atoms with E-state index in [4.69, 9.17) is 4.52 Å². The van der Waals surface area contributed by atoms with Crippen LogP contribution >= 0.6 is 0 Å². The molecular formula is C20H18N2O4S. The summed E-state index contributed by atoms with van der Waals surface area (Å²) in [4.78, 5) is 13.2. The van der Waals surface area contributed by atoms with Crippen molar-refractivity contribution in [2.24, 2.45) is 0 Å². The number of hydrogen-bond acceptors (Lipinski definition) is 5. The van der Waals surface area contributed by atoms with Gasteiger partial charge in [0.05, 0.1) is 29.4 Å². The highest BCUT2D eigenvalue weighted by molar-refractivity contribution is 7.92. The maximum Gasteiger partial charge on any atom is 0.236 e. The number of anilines is 2. The maximum atomic E-state index is 13.2. The fraction of sp³-hybridized carbons (Fsp3) is 0.200. The molecular weight excluding hydrogens is 364 g/mol. The zero-order valence-electron chi connectivity index (χ0n) is 14.7. The van der Waals surface area contributed by atoms with Gasteiger partial charge in [-0.3, -0.25) is 4.79 Å². The molecule has 0 bridgehead atoms. The van der Waals surface area contributed by atoms with E-state index >= 15 is 0 Å². The Morgan fingerprint density at radius 3 is 2.37 bits per heavy atom. The second-order valence-corrected chi connectivity index (χ2v) is 8.42. The molecule has 0 radical (unpaired) electrons. The van der Waals surface area contributed by atoms with E-state index in [0.29, 0.717) is 22.7 Å². The van der Waals surface area contributed by atoms with Gasteiger partial charge in [0.15, 0.2) is 11.5 Å². The Balaban J connectivity index is 1.85. The number of ketones is 1. The molecule has 1 aromatic heterocycles. The van der Waals surface area contributed by atoms with Crippen LogP contribution < -0.4 is 4.31 Å². The zero-order valence-corrected chi connectivity index (χ0v) is 15.5. The van der Waals surface area contributed by atoms with E-state index in [1.54, 1.807) is 54.6 Å². The number of rotatable bonds is 6. The summed E-state index contributed by atoms with van der Waals surface area (Å²) >= 11 is 0. The van der Waals surface area contributed by atoms with E-state index in [9.17, 15) is 13.2 Å². The third-order valence-electron chi connectivity index (χ3n) is 4.48. The normalized spacial score (nSPS) is 14.1. The lowest BCUT2D eigenvalue weighted by molar-refractivity contribution is 0.103. The molecule has 1 saturated carbocycles. The fourth-order valence-electron chi connectivity index (χ4n) is 3.12. The van der Waals surface area contributed by atoms with Gasteiger partial charge in [0, 0.05) is 11.5 Å². The first kappa shape index (κ1) is 17.5. The molecule has 0 saturated heterocycles. The van der Waals surface area contributed by atoms with Crippen LogP contribution in [0.2, 0.25) is 0 Å². The molecule has 1 aliphatic carbocycles. The van der Waals surface area contributed by atoms with Crippen molar-refractivity contribution in [3.8, 4) is 0 Å². The van der Waals surface area contributed by atoms with Gasteiger partial charge in [-0.05, 0) is 37.1 Å². The van der Waals surface area contributed by atoms with Crippen molar-refractivity contribution in [1.29, 1.82) is 0 Å². The Kier molecular flexibility index (Phi) is 4.31. The average Bonchev–Trinajstić information content (AvgIpc) is 3.38. The molecule has 27 heavy (non-hydrogen) atoms. The van der Waals surface area contributed by atoms with Crippen LogP contribution in [0.4, 0.5) is 11.4 Å². The Morgan fingerprint density at radius 1 is 1.04 bits per heavy atom. The van der Waals surface area contributed by atoms with Crippen LogP contribution in [-0.2, 0) is 10.0 Å². The standard InChI is InChI=1S/C20H18N2O4S/c1-27(24,25)22(15-7-3-2-4-8-15)18-10-6-5-9-16(18)19(23)17-13-21-26-20(17)14-11-12-14/h2-10,13-14H,11-12H2,1H3. The summed E-state index contributed by atoms with van der Waals surface area (Å²) in [7, 11) is -3.67. The van der Waals surface area contributed by atoms with Crippen LogP contribution in [0.5, 0.6) is 0 Å². The first-order valence-corrected chi connectivity index (χ1v) is 10.5. The van der Waals surface area contributed by atoms with E-state index < -0.39 is 10.0 Å². The molecule has 0 N–H and O–H groups in total. The molecule has 0 unspecified atom stereocenters. The van der Waals surface area contributed by atoms with E-state index in [1.807, 2.05) is 0 Å². The Morgan fingerprint density at radius 2 is 1.70 bits per heavy atom. The van der Waals surface area contributed by atoms with E-state index in [-0.39, 0.29) is 17.3 Å². The third-order valence-corrected chi connectivity index (χ3v) is 5.55. The summed E-state index contributed by atoms with van der Waals surface area (Å²) in [6.45, 7) is 0. The summed E-state index contributed by atoms with van der Waals surface area (Å²) in [5.74, 6) is 0.512. The lowest BCUT2D eigenvalue weighted by atomic mass is 10.0. The van der Waals surface area contributed by atoms with Crippen molar-refractivity contribution in [1.82, 2.24) is 5.16 Å². The summed E-state index contributed by atoms with van der Waals surface area (Å²) in [5, 5.41) is 3.78. The summed E-state index contributed by atoms with van der Waals surface area (Å²) in [6, 6.07) is 15.4. The SMILES string of the molecule is CS(=O)(=O)N(c1ccccc1)c1ccccc1C(=O)c1cnoc1C1CC1. The largest absolute Gasteiger partial charge is 0.360 e. The molecule has 0 spiro atoms. The first-order chi connectivity index (χ1) is 13.0. The van der Waals surface area contributed by atoms with Crippen molar-refractivity contribution in [3.63, 3.8) is 0 Å². The number of aromatic nitrogens is 1. The maximum absolute atomic E-state index is 13.2. The van der Waals surface area contributed by atoms with Crippen molar-refractivity contribution < 1.29 is 17.7 Å². The van der Waals surface area contributed by atoms with Crippen molar-refractivity contribution >= 4 is 27.2 Å². The molecule has 138 valence electrons. The molecule has 1 heterocycles. The number of nitrogens with zero attached hydrogens (tertiary/aromatic N) is 2. The van der Waals surface area contributed by atoms with Gasteiger partial charge >= 0.3 is 0 Å². The molecule has 7 heteroatoms. The van der Waals surface area contributed by atoms with Crippen LogP contribution in [0, 0.1) is 0 Å². The third kappa shape index (κ3) is 3.38. The number of hydrogen-bond donors (Lipinski definition) is 0. The highest BCUT2D eigenvalue weighted by atomic mass is 32.2. The van der Waals surface area contributed by atoms with Gasteiger partial charge in [-0.1, -0.05) is 35.5 Å². The minimum Gasteiger partial charge on any atom is -0.360 e. The number of benzene rings is 2. The van der Waals surface area contributed by atoms with Gasteiger partial charge in [-0.25, -0.2) is 12.7 Å².